The number of amides is 1. The summed E-state index contributed by atoms with van der Waals surface area (Å²) in [4.78, 5) is 11.2. The maximum atomic E-state index is 11.2. The topological polar surface area (TPSA) is 64.3 Å². The Morgan fingerprint density at radius 1 is 1.53 bits per heavy atom. The van der Waals surface area contributed by atoms with E-state index < -0.39 is 0 Å². The quantitative estimate of drug-likeness (QED) is 0.859. The third kappa shape index (κ3) is 5.77. The van der Waals surface area contributed by atoms with Gasteiger partial charge < -0.3 is 15.8 Å². The molecule has 0 unspecified atom stereocenters. The second kappa shape index (κ2) is 8.17. The van der Waals surface area contributed by atoms with Crippen molar-refractivity contribution in [2.45, 2.75) is 6.92 Å². The largest absolute Gasteiger partial charge is 0.484 e. The lowest BCUT2D eigenvalue weighted by molar-refractivity contribution is -0.123. The van der Waals surface area contributed by atoms with Gasteiger partial charge in [-0.1, -0.05) is 11.6 Å². The molecule has 0 bridgehead atoms. The molecule has 0 radical (unpaired) electrons. The first-order chi connectivity index (χ1) is 7.63. The molecular weight excluding hydrogens is 263 g/mol. The number of halogens is 2. The Kier molecular flexibility index (Phi) is 7.70. The van der Waals surface area contributed by atoms with Crippen molar-refractivity contribution in [2.24, 2.45) is 5.73 Å². The van der Waals surface area contributed by atoms with Gasteiger partial charge in [-0.15, -0.1) is 12.4 Å². The highest BCUT2D eigenvalue weighted by atomic mass is 35.5. The Bertz CT molecular complexity index is 372. The number of nitrogens with two attached hydrogens (primary N) is 1. The molecule has 0 atom stereocenters. The van der Waals surface area contributed by atoms with Crippen LogP contribution in [0, 0.1) is 6.92 Å². The third-order valence-electron chi connectivity index (χ3n) is 1.97. The molecule has 0 aliphatic heterocycles. The monoisotopic (exact) mass is 278 g/mol. The average molecular weight is 279 g/mol. The Hall–Kier alpha value is -0.970. The maximum absolute atomic E-state index is 11.2. The standard InChI is InChI=1S/C11H15ClN2O2.ClH/c1-8-6-9(2-3-10(8)12)16-7-11(15)14-5-4-13;/h2-3,6H,4-5,7,13H2,1H3,(H,14,15);1H. The molecule has 1 aromatic carbocycles. The highest BCUT2D eigenvalue weighted by molar-refractivity contribution is 6.31. The first-order valence-corrected chi connectivity index (χ1v) is 5.37. The molecule has 0 saturated heterocycles. The molecule has 17 heavy (non-hydrogen) atoms. The summed E-state index contributed by atoms with van der Waals surface area (Å²) in [5, 5.41) is 3.29. The lowest BCUT2D eigenvalue weighted by atomic mass is 10.2. The van der Waals surface area contributed by atoms with Crippen LogP contribution in [-0.4, -0.2) is 25.6 Å². The summed E-state index contributed by atoms with van der Waals surface area (Å²) >= 11 is 5.86. The van der Waals surface area contributed by atoms with E-state index >= 15 is 0 Å². The summed E-state index contributed by atoms with van der Waals surface area (Å²) in [7, 11) is 0. The number of aryl methyl sites for hydroxylation is 1. The highest BCUT2D eigenvalue weighted by Gasteiger charge is 2.02. The van der Waals surface area contributed by atoms with E-state index in [1.807, 2.05) is 6.92 Å². The fourth-order valence-corrected chi connectivity index (χ4v) is 1.24. The van der Waals surface area contributed by atoms with Crippen molar-refractivity contribution in [3.8, 4) is 5.75 Å². The maximum Gasteiger partial charge on any atom is 0.257 e. The Balaban J connectivity index is 0.00000256. The Labute approximate surface area is 112 Å². The van der Waals surface area contributed by atoms with Gasteiger partial charge in [0, 0.05) is 18.1 Å². The lowest BCUT2D eigenvalue weighted by Gasteiger charge is -2.07. The van der Waals surface area contributed by atoms with E-state index in [2.05, 4.69) is 5.32 Å². The zero-order valence-electron chi connectivity index (χ0n) is 9.53. The SMILES string of the molecule is Cc1cc(OCC(=O)NCCN)ccc1Cl.Cl. The van der Waals surface area contributed by atoms with Gasteiger partial charge >= 0.3 is 0 Å². The summed E-state index contributed by atoms with van der Waals surface area (Å²) < 4.78 is 5.29. The molecule has 4 nitrogen and oxygen atoms in total. The molecular formula is C11H16Cl2N2O2. The number of benzene rings is 1. The van der Waals surface area contributed by atoms with Crippen LogP contribution in [-0.2, 0) is 4.79 Å². The summed E-state index contributed by atoms with van der Waals surface area (Å²) in [6.07, 6.45) is 0. The van der Waals surface area contributed by atoms with Gasteiger partial charge in [-0.05, 0) is 30.7 Å². The molecule has 0 aliphatic rings. The Morgan fingerprint density at radius 2 is 2.24 bits per heavy atom. The minimum atomic E-state index is -0.182. The summed E-state index contributed by atoms with van der Waals surface area (Å²) in [5.74, 6) is 0.447. The molecule has 96 valence electrons. The van der Waals surface area contributed by atoms with Crippen LogP contribution in [0.1, 0.15) is 5.56 Å². The van der Waals surface area contributed by atoms with Crippen LogP contribution in [0.5, 0.6) is 5.75 Å². The van der Waals surface area contributed by atoms with Gasteiger partial charge in [0.05, 0.1) is 0 Å². The second-order valence-corrected chi connectivity index (χ2v) is 3.75. The van der Waals surface area contributed by atoms with Crippen LogP contribution < -0.4 is 15.8 Å². The number of nitrogens with one attached hydrogen (secondary N) is 1. The number of ether oxygens (including phenoxy) is 1. The van der Waals surface area contributed by atoms with E-state index in [0.29, 0.717) is 23.9 Å². The van der Waals surface area contributed by atoms with E-state index in [-0.39, 0.29) is 24.9 Å². The first-order valence-electron chi connectivity index (χ1n) is 4.99. The number of hydrogen-bond acceptors (Lipinski definition) is 3. The number of carbonyl (C=O) groups is 1. The fraction of sp³-hybridized carbons (Fsp3) is 0.364. The molecule has 0 aliphatic carbocycles. The van der Waals surface area contributed by atoms with Crippen molar-refractivity contribution in [1.29, 1.82) is 0 Å². The predicted molar refractivity (Wildman–Crippen MR) is 71.0 cm³/mol. The highest BCUT2D eigenvalue weighted by Crippen LogP contribution is 2.20. The predicted octanol–water partition coefficient (Wildman–Crippen LogP) is 1.52. The van der Waals surface area contributed by atoms with Crippen molar-refractivity contribution >= 4 is 29.9 Å². The summed E-state index contributed by atoms with van der Waals surface area (Å²) in [6, 6.07) is 5.26. The van der Waals surface area contributed by atoms with Crippen molar-refractivity contribution in [2.75, 3.05) is 19.7 Å². The Morgan fingerprint density at radius 3 is 2.82 bits per heavy atom. The second-order valence-electron chi connectivity index (χ2n) is 3.34. The van der Waals surface area contributed by atoms with E-state index in [1.165, 1.54) is 0 Å². The average Bonchev–Trinajstić information content (AvgIpc) is 2.28. The van der Waals surface area contributed by atoms with Gasteiger partial charge in [0.2, 0.25) is 0 Å². The molecule has 0 aromatic heterocycles. The van der Waals surface area contributed by atoms with Gasteiger partial charge in [0.25, 0.3) is 5.91 Å². The van der Waals surface area contributed by atoms with E-state index in [4.69, 9.17) is 22.1 Å². The van der Waals surface area contributed by atoms with Gasteiger partial charge in [-0.25, -0.2) is 0 Å². The van der Waals surface area contributed by atoms with E-state index in [9.17, 15) is 4.79 Å². The number of hydrogen-bond donors (Lipinski definition) is 2. The number of carbonyl (C=O) groups excluding carboxylic acids is 1. The molecule has 1 rings (SSSR count). The molecule has 1 amide bonds. The molecule has 6 heteroatoms. The molecule has 0 spiro atoms. The minimum Gasteiger partial charge on any atom is -0.484 e. The fourth-order valence-electron chi connectivity index (χ4n) is 1.12. The van der Waals surface area contributed by atoms with Gasteiger partial charge in [0.1, 0.15) is 5.75 Å². The third-order valence-corrected chi connectivity index (χ3v) is 2.39. The van der Waals surface area contributed by atoms with Crippen LogP contribution in [0.4, 0.5) is 0 Å². The van der Waals surface area contributed by atoms with Gasteiger partial charge in [-0.2, -0.15) is 0 Å². The van der Waals surface area contributed by atoms with Crippen molar-refractivity contribution in [3.63, 3.8) is 0 Å². The minimum absolute atomic E-state index is 0. The normalized spacial score (nSPS) is 9.35. The molecule has 0 heterocycles. The lowest BCUT2D eigenvalue weighted by Crippen LogP contribution is -2.32. The first kappa shape index (κ1) is 16.0. The summed E-state index contributed by atoms with van der Waals surface area (Å²) in [6.45, 7) is 2.75. The zero-order chi connectivity index (χ0) is 12.0. The molecule has 3 N–H and O–H groups in total. The van der Waals surface area contributed by atoms with Crippen molar-refractivity contribution in [3.05, 3.63) is 28.8 Å². The van der Waals surface area contributed by atoms with Crippen molar-refractivity contribution in [1.82, 2.24) is 5.32 Å². The van der Waals surface area contributed by atoms with E-state index in [1.54, 1.807) is 18.2 Å². The molecule has 0 fully saturated rings. The number of rotatable bonds is 5. The van der Waals surface area contributed by atoms with Crippen LogP contribution in [0.25, 0.3) is 0 Å². The zero-order valence-corrected chi connectivity index (χ0v) is 11.1. The van der Waals surface area contributed by atoms with Gasteiger partial charge in [0.15, 0.2) is 6.61 Å². The van der Waals surface area contributed by atoms with Crippen LogP contribution in [0.3, 0.4) is 0 Å². The van der Waals surface area contributed by atoms with E-state index in [0.717, 1.165) is 5.56 Å². The van der Waals surface area contributed by atoms with Crippen LogP contribution in [0.15, 0.2) is 18.2 Å². The smallest absolute Gasteiger partial charge is 0.257 e. The van der Waals surface area contributed by atoms with Crippen molar-refractivity contribution < 1.29 is 9.53 Å². The van der Waals surface area contributed by atoms with Gasteiger partial charge in [-0.3, -0.25) is 4.79 Å². The molecule has 1 aromatic rings. The van der Waals surface area contributed by atoms with Crippen LogP contribution >= 0.6 is 24.0 Å². The van der Waals surface area contributed by atoms with Crippen LogP contribution in [0.2, 0.25) is 5.02 Å². The molecule has 0 saturated carbocycles. The summed E-state index contributed by atoms with van der Waals surface area (Å²) in [5.41, 5.74) is 6.17.